The second-order valence-electron chi connectivity index (χ2n) is 4.19. The van der Waals surface area contributed by atoms with Gasteiger partial charge in [-0.25, -0.2) is 0 Å². The van der Waals surface area contributed by atoms with Crippen LogP contribution in [0.3, 0.4) is 0 Å². The predicted molar refractivity (Wildman–Crippen MR) is 59.9 cm³/mol. The van der Waals surface area contributed by atoms with Crippen LogP contribution >= 0.6 is 12.4 Å². The number of hydrogen-bond donors (Lipinski definition) is 1. The molecule has 0 aromatic rings. The lowest BCUT2D eigenvalue weighted by Gasteiger charge is -2.40. The van der Waals surface area contributed by atoms with Crippen LogP contribution in [0.2, 0.25) is 0 Å². The molecule has 0 aliphatic carbocycles. The lowest BCUT2D eigenvalue weighted by atomic mass is 9.99. The van der Waals surface area contributed by atoms with E-state index >= 15 is 0 Å². The van der Waals surface area contributed by atoms with E-state index < -0.39 is 0 Å². The summed E-state index contributed by atoms with van der Waals surface area (Å²) in [6, 6.07) is 0.834. The van der Waals surface area contributed by atoms with Crippen molar-refractivity contribution in [3.63, 3.8) is 0 Å². The maximum absolute atomic E-state index is 6.04. The molecular formula is C10H21ClN2O. The van der Waals surface area contributed by atoms with Gasteiger partial charge >= 0.3 is 0 Å². The maximum atomic E-state index is 6.04. The van der Waals surface area contributed by atoms with Gasteiger partial charge in [0.05, 0.1) is 6.61 Å². The zero-order valence-corrected chi connectivity index (χ0v) is 9.47. The smallest absolute Gasteiger partial charge is 0.0632 e. The minimum atomic E-state index is 0. The van der Waals surface area contributed by atoms with E-state index in [0.29, 0.717) is 6.04 Å². The summed E-state index contributed by atoms with van der Waals surface area (Å²) in [5.41, 5.74) is 6.04. The summed E-state index contributed by atoms with van der Waals surface area (Å²) < 4.78 is 5.35. The largest absolute Gasteiger partial charge is 0.380 e. The molecule has 2 aliphatic rings. The first kappa shape index (κ1) is 12.2. The van der Waals surface area contributed by atoms with E-state index in [1.165, 1.54) is 32.4 Å². The number of piperidine rings is 1. The van der Waals surface area contributed by atoms with E-state index in [0.717, 1.165) is 19.6 Å². The number of ether oxygens (including phenoxy) is 1. The number of halogens is 1. The first-order chi connectivity index (χ1) is 6.38. The summed E-state index contributed by atoms with van der Waals surface area (Å²) in [5.74, 6) is 0. The second-order valence-corrected chi connectivity index (χ2v) is 4.19. The molecule has 2 heterocycles. The summed E-state index contributed by atoms with van der Waals surface area (Å²) in [6.07, 6.45) is 5.23. The third-order valence-corrected chi connectivity index (χ3v) is 3.22. The highest BCUT2D eigenvalue weighted by Gasteiger charge is 2.28. The average molecular weight is 221 g/mol. The molecule has 0 unspecified atom stereocenters. The van der Waals surface area contributed by atoms with Crippen molar-refractivity contribution in [2.75, 3.05) is 26.3 Å². The van der Waals surface area contributed by atoms with Crippen LogP contribution in [0.1, 0.15) is 25.7 Å². The molecule has 2 aliphatic heterocycles. The molecule has 2 saturated heterocycles. The Bertz CT molecular complexity index is 162. The zero-order valence-electron chi connectivity index (χ0n) is 8.65. The van der Waals surface area contributed by atoms with Gasteiger partial charge in [-0.2, -0.15) is 0 Å². The Morgan fingerprint density at radius 3 is 2.50 bits per heavy atom. The molecule has 2 atom stereocenters. The van der Waals surface area contributed by atoms with Crippen molar-refractivity contribution in [2.24, 2.45) is 5.73 Å². The van der Waals surface area contributed by atoms with Gasteiger partial charge < -0.3 is 10.5 Å². The third kappa shape index (κ3) is 2.83. The van der Waals surface area contributed by atoms with Crippen LogP contribution < -0.4 is 5.73 Å². The molecule has 0 amide bonds. The van der Waals surface area contributed by atoms with Crippen LogP contribution in [-0.4, -0.2) is 43.3 Å². The molecule has 2 fully saturated rings. The van der Waals surface area contributed by atoms with Gasteiger partial charge in [0.25, 0.3) is 0 Å². The van der Waals surface area contributed by atoms with E-state index in [2.05, 4.69) is 4.90 Å². The van der Waals surface area contributed by atoms with Gasteiger partial charge in [0.2, 0.25) is 0 Å². The van der Waals surface area contributed by atoms with Crippen LogP contribution in [0.4, 0.5) is 0 Å². The Balaban J connectivity index is 0.000000980. The molecule has 0 radical (unpaired) electrons. The van der Waals surface area contributed by atoms with Crippen LogP contribution in [0, 0.1) is 0 Å². The molecule has 0 bridgehead atoms. The minimum Gasteiger partial charge on any atom is -0.380 e. The fourth-order valence-electron chi connectivity index (χ4n) is 2.45. The first-order valence-electron chi connectivity index (χ1n) is 5.45. The Hall–Kier alpha value is 0.170. The monoisotopic (exact) mass is 220 g/mol. The van der Waals surface area contributed by atoms with Crippen molar-refractivity contribution in [2.45, 2.75) is 37.8 Å². The number of hydrogen-bond acceptors (Lipinski definition) is 3. The molecule has 84 valence electrons. The fourth-order valence-corrected chi connectivity index (χ4v) is 2.45. The van der Waals surface area contributed by atoms with E-state index in [1.54, 1.807) is 0 Å². The third-order valence-electron chi connectivity index (χ3n) is 3.22. The molecule has 0 aromatic carbocycles. The number of nitrogens with two attached hydrogens (primary N) is 1. The topological polar surface area (TPSA) is 38.5 Å². The molecular weight excluding hydrogens is 200 g/mol. The average Bonchev–Trinajstić information content (AvgIpc) is 2.20. The van der Waals surface area contributed by atoms with Crippen LogP contribution in [0.5, 0.6) is 0 Å². The van der Waals surface area contributed by atoms with Crippen molar-refractivity contribution in [1.82, 2.24) is 4.90 Å². The standard InChI is InChI=1S/C10H20N2O.ClH/c11-9-8-13-7-4-10(9)12-5-2-1-3-6-12;/h9-10H,1-8,11H2;1H/t9-,10-;/m1./s1. The maximum Gasteiger partial charge on any atom is 0.0632 e. The molecule has 0 aromatic heterocycles. The van der Waals surface area contributed by atoms with Crippen molar-refractivity contribution >= 4 is 12.4 Å². The van der Waals surface area contributed by atoms with Gasteiger partial charge in [-0.3, -0.25) is 4.90 Å². The number of rotatable bonds is 1. The van der Waals surface area contributed by atoms with E-state index in [9.17, 15) is 0 Å². The zero-order chi connectivity index (χ0) is 9.10. The van der Waals surface area contributed by atoms with Crippen molar-refractivity contribution in [1.29, 1.82) is 0 Å². The van der Waals surface area contributed by atoms with Crippen LogP contribution in [0.25, 0.3) is 0 Å². The minimum absolute atomic E-state index is 0. The van der Waals surface area contributed by atoms with E-state index in [4.69, 9.17) is 10.5 Å². The normalized spacial score (nSPS) is 34.9. The van der Waals surface area contributed by atoms with Gasteiger partial charge in [0.15, 0.2) is 0 Å². The highest BCUT2D eigenvalue weighted by Crippen LogP contribution is 2.18. The Morgan fingerprint density at radius 2 is 1.86 bits per heavy atom. The summed E-state index contributed by atoms with van der Waals surface area (Å²) in [4.78, 5) is 2.57. The highest BCUT2D eigenvalue weighted by atomic mass is 35.5. The summed E-state index contributed by atoms with van der Waals surface area (Å²) >= 11 is 0. The SMILES string of the molecule is Cl.N[C@@H]1COCC[C@H]1N1CCCCC1. The van der Waals surface area contributed by atoms with Gasteiger partial charge in [0, 0.05) is 18.7 Å². The Kier molecular flexibility index (Phi) is 5.17. The van der Waals surface area contributed by atoms with Gasteiger partial charge in [0.1, 0.15) is 0 Å². The quantitative estimate of drug-likeness (QED) is 0.717. The highest BCUT2D eigenvalue weighted by molar-refractivity contribution is 5.85. The van der Waals surface area contributed by atoms with Crippen LogP contribution in [-0.2, 0) is 4.74 Å². The molecule has 2 N–H and O–H groups in total. The number of nitrogens with zero attached hydrogens (tertiary/aromatic N) is 1. The van der Waals surface area contributed by atoms with Crippen molar-refractivity contribution in [3.05, 3.63) is 0 Å². The molecule has 2 rings (SSSR count). The van der Waals surface area contributed by atoms with Crippen LogP contribution in [0.15, 0.2) is 0 Å². The molecule has 3 nitrogen and oxygen atoms in total. The lowest BCUT2D eigenvalue weighted by Crippen LogP contribution is -2.54. The van der Waals surface area contributed by atoms with Gasteiger partial charge in [-0.1, -0.05) is 6.42 Å². The molecule has 4 heteroatoms. The second kappa shape index (κ2) is 5.91. The lowest BCUT2D eigenvalue weighted by molar-refractivity contribution is 0.0115. The van der Waals surface area contributed by atoms with Crippen molar-refractivity contribution < 1.29 is 4.74 Å². The number of likely N-dealkylation sites (tertiary alicyclic amines) is 1. The molecule has 0 spiro atoms. The predicted octanol–water partition coefficient (Wildman–Crippen LogP) is 1.01. The van der Waals surface area contributed by atoms with Gasteiger partial charge in [-0.05, 0) is 32.4 Å². The first-order valence-corrected chi connectivity index (χ1v) is 5.45. The van der Waals surface area contributed by atoms with Crippen molar-refractivity contribution in [3.8, 4) is 0 Å². The Labute approximate surface area is 92.4 Å². The summed E-state index contributed by atoms with van der Waals surface area (Å²) in [6.45, 7) is 4.15. The molecule has 14 heavy (non-hydrogen) atoms. The Morgan fingerprint density at radius 1 is 1.14 bits per heavy atom. The summed E-state index contributed by atoms with van der Waals surface area (Å²) in [5, 5.41) is 0. The van der Waals surface area contributed by atoms with E-state index in [1.807, 2.05) is 0 Å². The molecule has 0 saturated carbocycles. The van der Waals surface area contributed by atoms with E-state index in [-0.39, 0.29) is 18.4 Å². The summed E-state index contributed by atoms with van der Waals surface area (Å²) in [7, 11) is 0. The fraction of sp³-hybridized carbons (Fsp3) is 1.00. The van der Waals surface area contributed by atoms with Gasteiger partial charge in [-0.15, -0.1) is 12.4 Å².